The van der Waals surface area contributed by atoms with E-state index in [0.717, 1.165) is 5.56 Å². The summed E-state index contributed by atoms with van der Waals surface area (Å²) in [6.45, 7) is 1.88. The molecule has 0 aliphatic carbocycles. The Hall–Kier alpha value is -1.79. The molecular weight excluding hydrogens is 308 g/mol. The predicted molar refractivity (Wildman–Crippen MR) is 87.5 cm³/mol. The average Bonchev–Trinajstić information content (AvgIpc) is 2.50. The first-order chi connectivity index (χ1) is 10.1. The average molecular weight is 323 g/mol. The number of carbonyl (C=O) groups excluding carboxylic acids is 1. The summed E-state index contributed by atoms with van der Waals surface area (Å²) in [5, 5.41) is 6.82. The minimum atomic E-state index is -0.303. The number of aryl methyl sites for hydroxylation is 1. The van der Waals surface area contributed by atoms with Gasteiger partial charge in [-0.05, 0) is 24.8 Å². The Bertz CT molecular complexity index is 658. The van der Waals surface area contributed by atoms with Crippen LogP contribution in [0.15, 0.2) is 29.6 Å². The van der Waals surface area contributed by atoms with E-state index >= 15 is 0 Å². The molecular formula is C14H15ClN4OS. The number of anilines is 2. The van der Waals surface area contributed by atoms with Crippen molar-refractivity contribution in [2.24, 2.45) is 0 Å². The van der Waals surface area contributed by atoms with E-state index in [1.54, 1.807) is 13.1 Å². The van der Waals surface area contributed by atoms with Crippen molar-refractivity contribution >= 4 is 40.8 Å². The van der Waals surface area contributed by atoms with E-state index in [-0.39, 0.29) is 5.91 Å². The van der Waals surface area contributed by atoms with Gasteiger partial charge in [-0.2, -0.15) is 0 Å². The second-order valence-corrected chi connectivity index (χ2v) is 5.44. The van der Waals surface area contributed by atoms with E-state index in [4.69, 9.17) is 11.6 Å². The number of rotatable bonds is 4. The van der Waals surface area contributed by atoms with Gasteiger partial charge in [0.15, 0.2) is 5.16 Å². The van der Waals surface area contributed by atoms with Gasteiger partial charge in [-0.3, -0.25) is 4.79 Å². The first-order valence-corrected chi connectivity index (χ1v) is 7.82. The van der Waals surface area contributed by atoms with Crippen molar-refractivity contribution in [3.05, 3.63) is 40.5 Å². The molecule has 5 nitrogen and oxygen atoms in total. The summed E-state index contributed by atoms with van der Waals surface area (Å²) in [4.78, 5) is 20.8. The van der Waals surface area contributed by atoms with Crippen molar-refractivity contribution in [2.75, 3.05) is 23.9 Å². The van der Waals surface area contributed by atoms with Gasteiger partial charge in [-0.1, -0.05) is 35.5 Å². The molecule has 2 aromatic rings. The summed E-state index contributed by atoms with van der Waals surface area (Å²) < 4.78 is 0. The predicted octanol–water partition coefficient (Wildman–Crippen LogP) is 3.45. The smallest absolute Gasteiger partial charge is 0.261 e. The number of aromatic nitrogens is 2. The number of halogens is 1. The minimum absolute atomic E-state index is 0.303. The quantitative estimate of drug-likeness (QED) is 0.666. The van der Waals surface area contributed by atoms with Gasteiger partial charge in [0.05, 0.1) is 10.7 Å². The number of para-hydroxylation sites is 1. The van der Waals surface area contributed by atoms with Crippen molar-refractivity contribution in [1.29, 1.82) is 0 Å². The van der Waals surface area contributed by atoms with Crippen LogP contribution in [0, 0.1) is 6.92 Å². The molecule has 7 heteroatoms. The fourth-order valence-electron chi connectivity index (χ4n) is 1.79. The number of hydrogen-bond acceptors (Lipinski definition) is 5. The Labute approximate surface area is 132 Å². The fraction of sp³-hybridized carbons (Fsp3) is 0.214. The van der Waals surface area contributed by atoms with Crippen LogP contribution >= 0.6 is 23.4 Å². The summed E-state index contributed by atoms with van der Waals surface area (Å²) in [5.41, 5.74) is 1.86. The first kappa shape index (κ1) is 15.6. The molecule has 0 saturated carbocycles. The highest BCUT2D eigenvalue weighted by Gasteiger charge is 2.16. The number of thioether (sulfide) groups is 1. The van der Waals surface area contributed by atoms with Crippen molar-refractivity contribution in [3.8, 4) is 0 Å². The number of benzene rings is 1. The van der Waals surface area contributed by atoms with Crippen molar-refractivity contribution in [3.63, 3.8) is 0 Å². The van der Waals surface area contributed by atoms with E-state index < -0.39 is 0 Å². The SMILES string of the molecule is CNc1nc(SC)ncc1C(=O)Nc1c(C)cccc1Cl. The van der Waals surface area contributed by atoms with Crippen LogP contribution in [0.1, 0.15) is 15.9 Å². The molecule has 2 rings (SSSR count). The molecule has 1 heterocycles. The third-order valence-corrected chi connectivity index (χ3v) is 3.77. The molecule has 0 atom stereocenters. The second kappa shape index (κ2) is 6.78. The molecule has 1 aromatic carbocycles. The Morgan fingerprint density at radius 2 is 2.14 bits per heavy atom. The van der Waals surface area contributed by atoms with E-state index in [1.165, 1.54) is 18.0 Å². The molecule has 21 heavy (non-hydrogen) atoms. The zero-order chi connectivity index (χ0) is 15.4. The van der Waals surface area contributed by atoms with Crippen LogP contribution in [0.4, 0.5) is 11.5 Å². The number of carbonyl (C=O) groups is 1. The summed E-state index contributed by atoms with van der Waals surface area (Å²) >= 11 is 7.53. The molecule has 0 radical (unpaired) electrons. The molecule has 0 unspecified atom stereocenters. The molecule has 1 aromatic heterocycles. The highest BCUT2D eigenvalue weighted by Crippen LogP contribution is 2.26. The number of nitrogens with zero attached hydrogens (tertiary/aromatic N) is 2. The molecule has 2 N–H and O–H groups in total. The molecule has 0 bridgehead atoms. The molecule has 1 amide bonds. The van der Waals surface area contributed by atoms with Gasteiger partial charge >= 0.3 is 0 Å². The zero-order valence-corrected chi connectivity index (χ0v) is 13.5. The lowest BCUT2D eigenvalue weighted by Crippen LogP contribution is -2.16. The summed E-state index contributed by atoms with van der Waals surface area (Å²) in [7, 11) is 1.71. The fourth-order valence-corrected chi connectivity index (χ4v) is 2.40. The van der Waals surface area contributed by atoms with Gasteiger partial charge in [0, 0.05) is 13.2 Å². The van der Waals surface area contributed by atoms with E-state index in [2.05, 4.69) is 20.6 Å². The van der Waals surface area contributed by atoms with Crippen molar-refractivity contribution in [2.45, 2.75) is 12.1 Å². The maximum absolute atomic E-state index is 12.4. The van der Waals surface area contributed by atoms with Gasteiger partial charge in [-0.25, -0.2) is 9.97 Å². The third kappa shape index (κ3) is 3.46. The Morgan fingerprint density at radius 1 is 1.38 bits per heavy atom. The first-order valence-electron chi connectivity index (χ1n) is 6.22. The topological polar surface area (TPSA) is 66.9 Å². The maximum atomic E-state index is 12.4. The lowest BCUT2D eigenvalue weighted by Gasteiger charge is -2.12. The van der Waals surface area contributed by atoms with Crippen LogP contribution in [0.2, 0.25) is 5.02 Å². The second-order valence-electron chi connectivity index (χ2n) is 4.25. The van der Waals surface area contributed by atoms with Crippen LogP contribution < -0.4 is 10.6 Å². The van der Waals surface area contributed by atoms with Gasteiger partial charge in [0.25, 0.3) is 5.91 Å². The summed E-state index contributed by atoms with van der Waals surface area (Å²) in [6.07, 6.45) is 3.38. The Morgan fingerprint density at radius 3 is 2.76 bits per heavy atom. The van der Waals surface area contributed by atoms with Crippen molar-refractivity contribution in [1.82, 2.24) is 9.97 Å². The standard InChI is InChI=1S/C14H15ClN4OS/c1-8-5-4-6-10(15)11(8)18-13(20)9-7-17-14(21-3)19-12(9)16-2/h4-7H,1-3H3,(H,18,20)(H,16,17,19). The number of nitrogens with one attached hydrogen (secondary N) is 2. The normalized spacial score (nSPS) is 10.3. The van der Waals surface area contributed by atoms with Crippen molar-refractivity contribution < 1.29 is 4.79 Å². The molecule has 0 spiro atoms. The summed E-state index contributed by atoms with van der Waals surface area (Å²) in [6, 6.07) is 5.45. The Kier molecular flexibility index (Phi) is 5.03. The van der Waals surface area contributed by atoms with Crippen LogP contribution in [-0.2, 0) is 0 Å². The highest BCUT2D eigenvalue weighted by molar-refractivity contribution is 7.98. The summed E-state index contributed by atoms with van der Waals surface area (Å²) in [5.74, 6) is 0.180. The minimum Gasteiger partial charge on any atom is -0.372 e. The van der Waals surface area contributed by atoms with Gasteiger partial charge in [0.1, 0.15) is 11.4 Å². The van der Waals surface area contributed by atoms with Crippen LogP contribution in [0.3, 0.4) is 0 Å². The van der Waals surface area contributed by atoms with E-state index in [9.17, 15) is 4.79 Å². The molecule has 0 aliphatic rings. The maximum Gasteiger partial charge on any atom is 0.261 e. The van der Waals surface area contributed by atoms with Crippen LogP contribution in [0.25, 0.3) is 0 Å². The zero-order valence-electron chi connectivity index (χ0n) is 11.9. The van der Waals surface area contributed by atoms with Gasteiger partial charge < -0.3 is 10.6 Å². The number of amides is 1. The largest absolute Gasteiger partial charge is 0.372 e. The van der Waals surface area contributed by atoms with Gasteiger partial charge in [0.2, 0.25) is 0 Å². The number of hydrogen-bond donors (Lipinski definition) is 2. The van der Waals surface area contributed by atoms with Gasteiger partial charge in [-0.15, -0.1) is 0 Å². The molecule has 0 aliphatic heterocycles. The molecule has 110 valence electrons. The lowest BCUT2D eigenvalue weighted by atomic mass is 10.2. The molecule has 0 fully saturated rings. The lowest BCUT2D eigenvalue weighted by molar-refractivity contribution is 0.102. The third-order valence-electron chi connectivity index (χ3n) is 2.89. The van der Waals surface area contributed by atoms with E-state index in [0.29, 0.717) is 27.2 Å². The van der Waals surface area contributed by atoms with E-state index in [1.807, 2.05) is 25.3 Å². The van der Waals surface area contributed by atoms with Crippen LogP contribution in [0.5, 0.6) is 0 Å². The monoisotopic (exact) mass is 322 g/mol. The van der Waals surface area contributed by atoms with Crippen LogP contribution in [-0.4, -0.2) is 29.2 Å². The molecule has 0 saturated heterocycles. The Balaban J connectivity index is 2.32. The highest BCUT2D eigenvalue weighted by atomic mass is 35.5.